The summed E-state index contributed by atoms with van der Waals surface area (Å²) < 4.78 is 5.59. The average Bonchev–Trinajstić information content (AvgIpc) is 2.72. The highest BCUT2D eigenvalue weighted by Crippen LogP contribution is 2.12. The Kier molecular flexibility index (Phi) is 5.64. The van der Waals surface area contributed by atoms with E-state index in [2.05, 4.69) is 44.2 Å². The summed E-state index contributed by atoms with van der Waals surface area (Å²) in [5, 5.41) is 3.21. The summed E-state index contributed by atoms with van der Waals surface area (Å²) in [5.74, 6) is -0.331. The maximum Gasteiger partial charge on any atom is 0.270 e. The Hall–Kier alpha value is -3.10. The van der Waals surface area contributed by atoms with E-state index in [0.717, 1.165) is 31.8 Å². The number of amides is 1. The van der Waals surface area contributed by atoms with Crippen LogP contribution in [0.15, 0.2) is 47.7 Å². The number of hydrogen-bond donors (Lipinski definition) is 2. The molecule has 150 valence electrons. The molecule has 2 N–H and O–H groups in total. The highest BCUT2D eigenvalue weighted by molar-refractivity contribution is 5.95. The molecule has 1 atom stereocenters. The third kappa shape index (κ3) is 4.67. The van der Waals surface area contributed by atoms with Crippen LogP contribution in [0.3, 0.4) is 0 Å². The van der Waals surface area contributed by atoms with Crippen molar-refractivity contribution in [3.05, 3.63) is 70.0 Å². The van der Waals surface area contributed by atoms with Crippen molar-refractivity contribution >= 4 is 16.8 Å². The maximum atomic E-state index is 12.5. The highest BCUT2D eigenvalue weighted by Gasteiger charge is 2.16. The van der Waals surface area contributed by atoms with Gasteiger partial charge in [-0.2, -0.15) is 0 Å². The van der Waals surface area contributed by atoms with Gasteiger partial charge in [-0.05, 0) is 24.1 Å². The average molecular weight is 393 g/mol. The van der Waals surface area contributed by atoms with Gasteiger partial charge in [-0.1, -0.05) is 24.3 Å². The third-order valence-corrected chi connectivity index (χ3v) is 4.94. The van der Waals surface area contributed by atoms with E-state index in [1.54, 1.807) is 0 Å². The Bertz CT molecular complexity index is 1080. The standard InChI is InChI=1S/C21H23N5O3/c1-14-11-26(5-6-29-14)12-16-4-2-3-15(7-16)9-23-21(28)18-8-17-19(10-22-18)24-13-25-20(17)27/h2-4,7-8,10,13-14H,5-6,9,11-12H2,1H3,(H,23,28)(H,24,25,27). The minimum absolute atomic E-state index is 0.189. The van der Waals surface area contributed by atoms with Crippen molar-refractivity contribution in [3.63, 3.8) is 0 Å². The Morgan fingerprint density at radius 3 is 3.03 bits per heavy atom. The van der Waals surface area contributed by atoms with Crippen LogP contribution in [0.2, 0.25) is 0 Å². The number of aromatic amines is 1. The lowest BCUT2D eigenvalue weighted by Crippen LogP contribution is -2.40. The van der Waals surface area contributed by atoms with Gasteiger partial charge in [0, 0.05) is 26.2 Å². The number of carbonyl (C=O) groups excluding carboxylic acids is 1. The van der Waals surface area contributed by atoms with E-state index in [1.165, 1.54) is 24.2 Å². The van der Waals surface area contributed by atoms with Crippen LogP contribution in [0.4, 0.5) is 0 Å². The van der Waals surface area contributed by atoms with Gasteiger partial charge in [0.2, 0.25) is 0 Å². The summed E-state index contributed by atoms with van der Waals surface area (Å²) in [7, 11) is 0. The molecule has 3 aromatic rings. The van der Waals surface area contributed by atoms with E-state index in [4.69, 9.17) is 4.74 Å². The molecule has 0 saturated carbocycles. The second-order valence-corrected chi connectivity index (χ2v) is 7.24. The van der Waals surface area contributed by atoms with Gasteiger partial charge in [0.25, 0.3) is 11.5 Å². The number of benzene rings is 1. The van der Waals surface area contributed by atoms with Gasteiger partial charge in [-0.25, -0.2) is 9.97 Å². The van der Waals surface area contributed by atoms with Crippen molar-refractivity contribution in [1.82, 2.24) is 25.2 Å². The number of nitrogens with zero attached hydrogens (tertiary/aromatic N) is 3. The fraction of sp³-hybridized carbons (Fsp3) is 0.333. The quantitative estimate of drug-likeness (QED) is 0.681. The second-order valence-electron chi connectivity index (χ2n) is 7.24. The minimum Gasteiger partial charge on any atom is -0.376 e. The van der Waals surface area contributed by atoms with E-state index in [0.29, 0.717) is 17.4 Å². The predicted octanol–water partition coefficient (Wildman–Crippen LogP) is 1.47. The molecule has 0 bridgehead atoms. The number of rotatable bonds is 5. The highest BCUT2D eigenvalue weighted by atomic mass is 16.5. The molecule has 0 spiro atoms. The van der Waals surface area contributed by atoms with Gasteiger partial charge in [-0.15, -0.1) is 0 Å². The van der Waals surface area contributed by atoms with Gasteiger partial charge in [0.05, 0.1) is 36.1 Å². The summed E-state index contributed by atoms with van der Waals surface area (Å²) in [6.07, 6.45) is 3.00. The second kappa shape index (κ2) is 8.50. The summed E-state index contributed by atoms with van der Waals surface area (Å²) in [4.78, 5) is 37.4. The first-order valence-corrected chi connectivity index (χ1v) is 9.62. The van der Waals surface area contributed by atoms with Crippen LogP contribution in [0.5, 0.6) is 0 Å². The fourth-order valence-corrected chi connectivity index (χ4v) is 3.50. The fourth-order valence-electron chi connectivity index (χ4n) is 3.50. The van der Waals surface area contributed by atoms with E-state index in [9.17, 15) is 9.59 Å². The number of ether oxygens (including phenoxy) is 1. The van der Waals surface area contributed by atoms with E-state index < -0.39 is 0 Å². The zero-order chi connectivity index (χ0) is 20.2. The van der Waals surface area contributed by atoms with Gasteiger partial charge in [0.1, 0.15) is 5.69 Å². The topological polar surface area (TPSA) is 100 Å². The predicted molar refractivity (Wildman–Crippen MR) is 108 cm³/mol. The number of hydrogen-bond acceptors (Lipinski definition) is 6. The van der Waals surface area contributed by atoms with E-state index in [1.807, 2.05) is 12.1 Å². The monoisotopic (exact) mass is 393 g/mol. The zero-order valence-corrected chi connectivity index (χ0v) is 16.2. The molecular weight excluding hydrogens is 370 g/mol. The van der Waals surface area contributed by atoms with E-state index in [-0.39, 0.29) is 23.3 Å². The molecule has 1 saturated heterocycles. The lowest BCUT2D eigenvalue weighted by molar-refractivity contribution is -0.0212. The molecule has 29 heavy (non-hydrogen) atoms. The lowest BCUT2D eigenvalue weighted by atomic mass is 10.1. The van der Waals surface area contributed by atoms with Gasteiger partial charge >= 0.3 is 0 Å². The van der Waals surface area contributed by atoms with Crippen LogP contribution in [-0.2, 0) is 17.8 Å². The molecule has 1 unspecified atom stereocenters. The number of fused-ring (bicyclic) bond motifs is 1. The van der Waals surface area contributed by atoms with Crippen LogP contribution in [-0.4, -0.2) is 51.6 Å². The number of nitrogens with one attached hydrogen (secondary N) is 2. The van der Waals surface area contributed by atoms with Crippen molar-refractivity contribution in [1.29, 1.82) is 0 Å². The smallest absolute Gasteiger partial charge is 0.270 e. The van der Waals surface area contributed by atoms with Crippen LogP contribution >= 0.6 is 0 Å². The van der Waals surface area contributed by atoms with Crippen LogP contribution in [0.25, 0.3) is 10.9 Å². The molecule has 0 radical (unpaired) electrons. The largest absolute Gasteiger partial charge is 0.376 e. The normalized spacial score (nSPS) is 17.3. The zero-order valence-electron chi connectivity index (χ0n) is 16.2. The molecule has 1 aliphatic rings. The molecule has 2 aromatic heterocycles. The number of aromatic nitrogens is 3. The first-order valence-electron chi connectivity index (χ1n) is 9.62. The molecule has 1 fully saturated rings. The first-order chi connectivity index (χ1) is 14.1. The van der Waals surface area contributed by atoms with Crippen molar-refractivity contribution < 1.29 is 9.53 Å². The van der Waals surface area contributed by atoms with E-state index >= 15 is 0 Å². The SMILES string of the molecule is CC1CN(Cc2cccc(CNC(=O)c3cc4c(=O)[nH]cnc4cn3)c2)CCO1. The Labute approximate surface area is 167 Å². The van der Waals surface area contributed by atoms with Crippen molar-refractivity contribution in [2.45, 2.75) is 26.1 Å². The van der Waals surface area contributed by atoms with Crippen LogP contribution < -0.4 is 10.9 Å². The number of H-pyrrole nitrogens is 1. The molecule has 3 heterocycles. The number of morpholine rings is 1. The van der Waals surface area contributed by atoms with Crippen LogP contribution in [0.1, 0.15) is 28.5 Å². The number of pyridine rings is 1. The Morgan fingerprint density at radius 1 is 1.31 bits per heavy atom. The van der Waals surface area contributed by atoms with Crippen molar-refractivity contribution in [3.8, 4) is 0 Å². The molecule has 0 aliphatic carbocycles. The molecule has 1 aromatic carbocycles. The summed E-state index contributed by atoms with van der Waals surface area (Å²) in [6, 6.07) is 9.64. The third-order valence-electron chi connectivity index (χ3n) is 4.94. The minimum atomic E-state index is -0.331. The molecule has 1 amide bonds. The summed E-state index contributed by atoms with van der Waals surface area (Å²) >= 11 is 0. The van der Waals surface area contributed by atoms with Gasteiger partial charge < -0.3 is 15.0 Å². The van der Waals surface area contributed by atoms with Gasteiger partial charge in [-0.3, -0.25) is 14.5 Å². The molecule has 8 heteroatoms. The maximum absolute atomic E-state index is 12.5. The molecule has 4 rings (SSSR count). The molecule has 1 aliphatic heterocycles. The Balaban J connectivity index is 1.40. The van der Waals surface area contributed by atoms with Gasteiger partial charge in [0.15, 0.2) is 0 Å². The lowest BCUT2D eigenvalue weighted by Gasteiger charge is -2.31. The van der Waals surface area contributed by atoms with Crippen molar-refractivity contribution in [2.24, 2.45) is 0 Å². The van der Waals surface area contributed by atoms with Crippen LogP contribution in [0, 0.1) is 0 Å². The summed E-state index contributed by atoms with van der Waals surface area (Å²) in [5.41, 5.74) is 2.56. The molecule has 8 nitrogen and oxygen atoms in total. The van der Waals surface area contributed by atoms with Crippen molar-refractivity contribution in [2.75, 3.05) is 19.7 Å². The number of carbonyl (C=O) groups is 1. The Morgan fingerprint density at radius 2 is 2.17 bits per heavy atom. The summed E-state index contributed by atoms with van der Waals surface area (Å²) in [6.45, 7) is 5.93. The first kappa shape index (κ1) is 19.2. The molecular formula is C21H23N5O3.